The van der Waals surface area contributed by atoms with Crippen LogP contribution in [0.3, 0.4) is 0 Å². The summed E-state index contributed by atoms with van der Waals surface area (Å²) >= 11 is 0. The van der Waals surface area contributed by atoms with Crippen molar-refractivity contribution >= 4 is 11.8 Å². The Bertz CT molecular complexity index is 627. The summed E-state index contributed by atoms with van der Waals surface area (Å²) in [5.74, 6) is 0.665. The lowest BCUT2D eigenvalue weighted by molar-refractivity contribution is 0.0734. The predicted molar refractivity (Wildman–Crippen MR) is 79.0 cm³/mol. The van der Waals surface area contributed by atoms with Crippen LogP contribution in [-0.2, 0) is 0 Å². The van der Waals surface area contributed by atoms with Gasteiger partial charge in [0.1, 0.15) is 11.5 Å². The molecule has 0 aromatic heterocycles. The van der Waals surface area contributed by atoms with Gasteiger partial charge in [0.05, 0.1) is 12.2 Å². The number of carbonyl (C=O) groups excluding carboxylic acids is 2. The van der Waals surface area contributed by atoms with E-state index in [-0.39, 0.29) is 5.78 Å². The Kier molecular flexibility index (Phi) is 4.72. The van der Waals surface area contributed by atoms with Crippen molar-refractivity contribution in [1.82, 2.24) is 0 Å². The van der Waals surface area contributed by atoms with Gasteiger partial charge < -0.3 is 9.47 Å². The highest BCUT2D eigenvalue weighted by Crippen LogP contribution is 2.18. The number of hydrogen-bond acceptors (Lipinski definition) is 4. The van der Waals surface area contributed by atoms with E-state index < -0.39 is 5.97 Å². The van der Waals surface area contributed by atoms with Crippen molar-refractivity contribution in [1.29, 1.82) is 0 Å². The van der Waals surface area contributed by atoms with Crippen LogP contribution < -0.4 is 9.47 Å². The summed E-state index contributed by atoms with van der Waals surface area (Å²) in [5.41, 5.74) is 0.960. The molecule has 2 aromatic rings. The second kappa shape index (κ2) is 6.70. The van der Waals surface area contributed by atoms with E-state index in [9.17, 15) is 9.59 Å². The molecule has 0 saturated carbocycles. The van der Waals surface area contributed by atoms with E-state index in [2.05, 4.69) is 0 Å². The van der Waals surface area contributed by atoms with E-state index in [4.69, 9.17) is 9.47 Å². The molecule has 0 radical (unpaired) electrons. The molecule has 0 spiro atoms. The van der Waals surface area contributed by atoms with Crippen molar-refractivity contribution in [2.24, 2.45) is 0 Å². The van der Waals surface area contributed by atoms with Gasteiger partial charge in [-0.2, -0.15) is 0 Å². The topological polar surface area (TPSA) is 52.6 Å². The van der Waals surface area contributed by atoms with Crippen LogP contribution in [0.15, 0.2) is 48.5 Å². The van der Waals surface area contributed by atoms with E-state index in [0.29, 0.717) is 23.5 Å². The Labute approximate surface area is 123 Å². The van der Waals surface area contributed by atoms with Gasteiger partial charge in [-0.1, -0.05) is 12.1 Å². The highest BCUT2D eigenvalue weighted by atomic mass is 16.5. The third-order valence-corrected chi connectivity index (χ3v) is 2.87. The highest BCUT2D eigenvalue weighted by molar-refractivity contribution is 5.96. The average Bonchev–Trinajstić information content (AvgIpc) is 2.49. The van der Waals surface area contributed by atoms with Gasteiger partial charge in [-0.25, -0.2) is 4.79 Å². The standard InChI is InChI=1S/C17H16O4/c1-3-20-15-8-10-16(11-9-15)21-17(19)14-6-4-13(5-7-14)12(2)18/h4-11H,3H2,1-2H3. The van der Waals surface area contributed by atoms with Crippen molar-refractivity contribution in [3.8, 4) is 11.5 Å². The lowest BCUT2D eigenvalue weighted by atomic mass is 10.1. The van der Waals surface area contributed by atoms with Gasteiger partial charge in [0, 0.05) is 5.56 Å². The van der Waals surface area contributed by atoms with E-state index in [1.54, 1.807) is 48.5 Å². The summed E-state index contributed by atoms with van der Waals surface area (Å²) in [6.07, 6.45) is 0. The summed E-state index contributed by atoms with van der Waals surface area (Å²) in [6, 6.07) is 13.2. The number of ketones is 1. The largest absolute Gasteiger partial charge is 0.494 e. The minimum atomic E-state index is -0.464. The van der Waals surface area contributed by atoms with Crippen LogP contribution in [0, 0.1) is 0 Å². The fourth-order valence-corrected chi connectivity index (χ4v) is 1.78. The third-order valence-electron chi connectivity index (χ3n) is 2.87. The van der Waals surface area contributed by atoms with Gasteiger partial charge >= 0.3 is 5.97 Å². The van der Waals surface area contributed by atoms with Crippen LogP contribution in [0.2, 0.25) is 0 Å². The highest BCUT2D eigenvalue weighted by Gasteiger charge is 2.09. The van der Waals surface area contributed by atoms with E-state index in [1.165, 1.54) is 6.92 Å². The van der Waals surface area contributed by atoms with Crippen LogP contribution in [0.5, 0.6) is 11.5 Å². The number of benzene rings is 2. The average molecular weight is 284 g/mol. The van der Waals surface area contributed by atoms with Gasteiger partial charge in [-0.15, -0.1) is 0 Å². The molecule has 4 heteroatoms. The monoisotopic (exact) mass is 284 g/mol. The van der Waals surface area contributed by atoms with Crippen LogP contribution in [0.1, 0.15) is 34.6 Å². The molecular weight excluding hydrogens is 268 g/mol. The molecule has 0 aliphatic rings. The zero-order valence-corrected chi connectivity index (χ0v) is 12.0. The summed E-state index contributed by atoms with van der Waals surface area (Å²) in [5, 5.41) is 0. The number of hydrogen-bond donors (Lipinski definition) is 0. The van der Waals surface area contributed by atoms with Gasteiger partial charge in [0.2, 0.25) is 0 Å². The summed E-state index contributed by atoms with van der Waals surface area (Å²) in [6.45, 7) is 3.97. The van der Waals surface area contributed by atoms with Gasteiger partial charge in [0.15, 0.2) is 5.78 Å². The SMILES string of the molecule is CCOc1ccc(OC(=O)c2ccc(C(C)=O)cc2)cc1. The molecule has 0 amide bonds. The van der Waals surface area contributed by atoms with Crippen LogP contribution in [0.4, 0.5) is 0 Å². The van der Waals surface area contributed by atoms with Crippen LogP contribution in [0.25, 0.3) is 0 Å². The fraction of sp³-hybridized carbons (Fsp3) is 0.176. The Morgan fingerprint density at radius 1 is 0.857 bits per heavy atom. The maximum absolute atomic E-state index is 12.0. The number of Topliss-reactive ketones (excluding diaryl/α,β-unsaturated/α-hetero) is 1. The molecule has 0 N–H and O–H groups in total. The van der Waals surface area contributed by atoms with Gasteiger partial charge in [-0.05, 0) is 50.2 Å². The lowest BCUT2D eigenvalue weighted by Crippen LogP contribution is -2.08. The fourth-order valence-electron chi connectivity index (χ4n) is 1.78. The molecule has 0 aliphatic heterocycles. The van der Waals surface area contributed by atoms with Crippen molar-refractivity contribution in [3.63, 3.8) is 0 Å². The maximum Gasteiger partial charge on any atom is 0.343 e. The lowest BCUT2D eigenvalue weighted by Gasteiger charge is -2.06. The molecule has 0 unspecified atom stereocenters. The molecule has 0 saturated heterocycles. The van der Waals surface area contributed by atoms with Gasteiger partial charge in [0.25, 0.3) is 0 Å². The van der Waals surface area contributed by atoms with Crippen molar-refractivity contribution < 1.29 is 19.1 Å². The minimum Gasteiger partial charge on any atom is -0.494 e. The molecule has 0 aliphatic carbocycles. The summed E-state index contributed by atoms with van der Waals surface area (Å²) in [4.78, 5) is 23.1. The molecule has 2 aromatic carbocycles. The smallest absolute Gasteiger partial charge is 0.343 e. The second-order valence-corrected chi connectivity index (χ2v) is 4.43. The molecule has 0 heterocycles. The van der Waals surface area contributed by atoms with Crippen LogP contribution in [-0.4, -0.2) is 18.4 Å². The van der Waals surface area contributed by atoms with Crippen molar-refractivity contribution in [2.75, 3.05) is 6.61 Å². The first kappa shape index (κ1) is 14.8. The normalized spacial score (nSPS) is 10.0. The molecule has 0 atom stereocenters. The van der Waals surface area contributed by atoms with E-state index in [0.717, 1.165) is 5.75 Å². The first-order valence-electron chi connectivity index (χ1n) is 6.66. The zero-order valence-electron chi connectivity index (χ0n) is 12.0. The first-order chi connectivity index (χ1) is 10.1. The summed E-state index contributed by atoms with van der Waals surface area (Å²) < 4.78 is 10.6. The molecule has 0 fully saturated rings. The second-order valence-electron chi connectivity index (χ2n) is 4.43. The summed E-state index contributed by atoms with van der Waals surface area (Å²) in [7, 11) is 0. The Morgan fingerprint density at radius 2 is 1.38 bits per heavy atom. The Balaban J connectivity index is 2.05. The minimum absolute atomic E-state index is 0.0403. The maximum atomic E-state index is 12.0. The predicted octanol–water partition coefficient (Wildman–Crippen LogP) is 3.51. The zero-order chi connectivity index (χ0) is 15.2. The van der Waals surface area contributed by atoms with Crippen molar-refractivity contribution in [3.05, 3.63) is 59.7 Å². The van der Waals surface area contributed by atoms with Crippen molar-refractivity contribution in [2.45, 2.75) is 13.8 Å². The molecule has 108 valence electrons. The quantitative estimate of drug-likeness (QED) is 0.479. The van der Waals surface area contributed by atoms with Gasteiger partial charge in [-0.3, -0.25) is 4.79 Å². The third kappa shape index (κ3) is 3.92. The number of ether oxygens (including phenoxy) is 2. The first-order valence-corrected chi connectivity index (χ1v) is 6.66. The van der Waals surface area contributed by atoms with Crippen LogP contribution >= 0.6 is 0 Å². The number of rotatable bonds is 5. The van der Waals surface area contributed by atoms with E-state index in [1.807, 2.05) is 6.92 Å². The Morgan fingerprint density at radius 3 is 1.90 bits per heavy atom. The van der Waals surface area contributed by atoms with E-state index >= 15 is 0 Å². The molecule has 21 heavy (non-hydrogen) atoms. The molecule has 2 rings (SSSR count). The molecule has 0 bridgehead atoms. The number of carbonyl (C=O) groups is 2. The number of esters is 1. The Hall–Kier alpha value is -2.62. The molecule has 4 nitrogen and oxygen atoms in total. The molecular formula is C17H16O4.